The lowest BCUT2D eigenvalue weighted by molar-refractivity contribution is 0.0951. The molecule has 6 heteroatoms. The number of carbonyl (C=O) groups is 1. The molecule has 0 radical (unpaired) electrons. The lowest BCUT2D eigenvalue weighted by Gasteiger charge is -2.08. The minimum Gasteiger partial charge on any atom is -0.350 e. The number of pyridine rings is 1. The van der Waals surface area contributed by atoms with Crippen molar-refractivity contribution in [1.29, 1.82) is 0 Å². The van der Waals surface area contributed by atoms with Crippen molar-refractivity contribution in [3.05, 3.63) is 46.7 Å². The van der Waals surface area contributed by atoms with Crippen LogP contribution >= 0.6 is 15.9 Å². The normalized spacial score (nSPS) is 14.2. The molecule has 2 heterocycles. The second-order valence-electron chi connectivity index (χ2n) is 4.90. The number of imidazole rings is 1. The summed E-state index contributed by atoms with van der Waals surface area (Å²) in [5.74, 6) is 1.66. The van der Waals surface area contributed by atoms with Crippen molar-refractivity contribution < 1.29 is 4.79 Å². The minimum absolute atomic E-state index is 0.105. The van der Waals surface area contributed by atoms with Crippen LogP contribution in [-0.2, 0) is 6.54 Å². The first-order chi connectivity index (χ1) is 9.74. The number of nitrogens with one attached hydrogen (secondary N) is 1. The van der Waals surface area contributed by atoms with Gasteiger partial charge in [-0.2, -0.15) is 0 Å². The van der Waals surface area contributed by atoms with E-state index in [1.165, 1.54) is 12.8 Å². The summed E-state index contributed by atoms with van der Waals surface area (Å²) in [6.07, 6.45) is 9.48. The monoisotopic (exact) mass is 334 g/mol. The molecule has 1 amide bonds. The summed E-state index contributed by atoms with van der Waals surface area (Å²) in [6.45, 7) is 1.33. The third-order valence-electron chi connectivity index (χ3n) is 3.30. The molecule has 5 nitrogen and oxygen atoms in total. The number of nitrogens with zero attached hydrogens (tertiary/aromatic N) is 3. The van der Waals surface area contributed by atoms with Crippen molar-refractivity contribution >= 4 is 21.8 Å². The maximum absolute atomic E-state index is 12.0. The van der Waals surface area contributed by atoms with Crippen molar-refractivity contribution in [1.82, 2.24) is 19.9 Å². The van der Waals surface area contributed by atoms with E-state index in [0.717, 1.165) is 16.8 Å². The van der Waals surface area contributed by atoms with Crippen LogP contribution in [0.25, 0.3) is 0 Å². The quantitative estimate of drug-likeness (QED) is 0.912. The van der Waals surface area contributed by atoms with Crippen LogP contribution in [0.3, 0.4) is 0 Å². The van der Waals surface area contributed by atoms with Crippen molar-refractivity contribution in [2.24, 2.45) is 0 Å². The average molecular weight is 335 g/mol. The summed E-state index contributed by atoms with van der Waals surface area (Å²) < 4.78 is 2.92. The summed E-state index contributed by atoms with van der Waals surface area (Å²) in [4.78, 5) is 20.3. The van der Waals surface area contributed by atoms with Gasteiger partial charge >= 0.3 is 0 Å². The third-order valence-corrected chi connectivity index (χ3v) is 3.73. The second kappa shape index (κ2) is 5.75. The van der Waals surface area contributed by atoms with Crippen LogP contribution < -0.4 is 5.32 Å². The Balaban J connectivity index is 1.54. The molecule has 0 aromatic carbocycles. The van der Waals surface area contributed by atoms with Crippen LogP contribution in [0.1, 0.15) is 34.9 Å². The molecule has 104 valence electrons. The summed E-state index contributed by atoms with van der Waals surface area (Å²) in [7, 11) is 0. The fourth-order valence-corrected chi connectivity index (χ4v) is 2.50. The molecule has 2 aromatic rings. The molecule has 0 aliphatic heterocycles. The van der Waals surface area contributed by atoms with E-state index in [2.05, 4.69) is 35.8 Å². The molecule has 20 heavy (non-hydrogen) atoms. The maximum atomic E-state index is 12.0. The van der Waals surface area contributed by atoms with Gasteiger partial charge in [0.1, 0.15) is 5.82 Å². The van der Waals surface area contributed by atoms with Crippen LogP contribution in [-0.4, -0.2) is 27.0 Å². The van der Waals surface area contributed by atoms with Gasteiger partial charge in [0.2, 0.25) is 0 Å². The number of hydrogen-bond acceptors (Lipinski definition) is 3. The minimum atomic E-state index is -0.105. The number of carbonyl (C=O) groups excluding carboxylic acids is 1. The molecule has 0 spiro atoms. The van der Waals surface area contributed by atoms with Crippen molar-refractivity contribution in [3.63, 3.8) is 0 Å². The first kappa shape index (κ1) is 13.3. The highest BCUT2D eigenvalue weighted by Gasteiger charge is 2.27. The van der Waals surface area contributed by atoms with E-state index in [4.69, 9.17) is 0 Å². The van der Waals surface area contributed by atoms with Gasteiger partial charge in [0.25, 0.3) is 5.91 Å². The maximum Gasteiger partial charge on any atom is 0.252 e. The van der Waals surface area contributed by atoms with E-state index >= 15 is 0 Å². The van der Waals surface area contributed by atoms with E-state index in [1.54, 1.807) is 18.5 Å². The zero-order chi connectivity index (χ0) is 13.9. The molecule has 2 aromatic heterocycles. The van der Waals surface area contributed by atoms with E-state index in [0.29, 0.717) is 18.0 Å². The molecule has 0 bridgehead atoms. The molecule has 0 saturated heterocycles. The van der Waals surface area contributed by atoms with Crippen LogP contribution in [0, 0.1) is 0 Å². The number of hydrogen-bond donors (Lipinski definition) is 1. The van der Waals surface area contributed by atoms with Gasteiger partial charge in [-0.3, -0.25) is 9.78 Å². The molecule has 0 unspecified atom stereocenters. The molecule has 1 N–H and O–H groups in total. The highest BCUT2D eigenvalue weighted by Crippen LogP contribution is 2.38. The molecule has 1 aliphatic carbocycles. The van der Waals surface area contributed by atoms with Gasteiger partial charge < -0.3 is 9.88 Å². The Labute approximate surface area is 125 Å². The third kappa shape index (κ3) is 3.07. The fraction of sp³-hybridized carbons (Fsp3) is 0.357. The highest BCUT2D eigenvalue weighted by molar-refractivity contribution is 9.10. The van der Waals surface area contributed by atoms with E-state index < -0.39 is 0 Å². The molecular weight excluding hydrogens is 320 g/mol. The predicted molar refractivity (Wildman–Crippen MR) is 78.5 cm³/mol. The van der Waals surface area contributed by atoms with Crippen molar-refractivity contribution in [2.75, 3.05) is 6.54 Å². The molecule has 1 fully saturated rings. The Bertz CT molecular complexity index is 621. The summed E-state index contributed by atoms with van der Waals surface area (Å²) in [6, 6.07) is 1.76. The van der Waals surface area contributed by atoms with E-state index in [1.807, 2.05) is 12.4 Å². The van der Waals surface area contributed by atoms with Gasteiger partial charge in [0.15, 0.2) is 0 Å². The van der Waals surface area contributed by atoms with Crippen LogP contribution in [0.4, 0.5) is 0 Å². The Morgan fingerprint density at radius 1 is 1.45 bits per heavy atom. The molecule has 1 saturated carbocycles. The van der Waals surface area contributed by atoms with Crippen LogP contribution in [0.2, 0.25) is 0 Å². The van der Waals surface area contributed by atoms with E-state index in [-0.39, 0.29) is 5.91 Å². The smallest absolute Gasteiger partial charge is 0.252 e. The lowest BCUT2D eigenvalue weighted by atomic mass is 10.3. The topological polar surface area (TPSA) is 59.8 Å². The molecule has 3 rings (SSSR count). The van der Waals surface area contributed by atoms with E-state index in [9.17, 15) is 4.79 Å². The first-order valence-electron chi connectivity index (χ1n) is 6.64. The Kier molecular flexibility index (Phi) is 3.82. The molecule has 1 aliphatic rings. The van der Waals surface area contributed by atoms with Crippen LogP contribution in [0.5, 0.6) is 0 Å². The second-order valence-corrected chi connectivity index (χ2v) is 5.82. The number of aromatic nitrogens is 3. The van der Waals surface area contributed by atoms with Gasteiger partial charge in [-0.1, -0.05) is 0 Å². The lowest BCUT2D eigenvalue weighted by Crippen LogP contribution is -2.27. The largest absolute Gasteiger partial charge is 0.350 e. The highest BCUT2D eigenvalue weighted by atomic mass is 79.9. The Hall–Kier alpha value is -1.69. The average Bonchev–Trinajstić information content (AvgIpc) is 3.18. The number of amides is 1. The Morgan fingerprint density at radius 3 is 3.05 bits per heavy atom. The van der Waals surface area contributed by atoms with Gasteiger partial charge in [0, 0.05) is 48.3 Å². The summed E-state index contributed by atoms with van der Waals surface area (Å²) >= 11 is 3.31. The van der Waals surface area contributed by atoms with Crippen molar-refractivity contribution in [3.8, 4) is 0 Å². The SMILES string of the molecule is O=C(NCCn1ccnc1C1CC1)c1cncc(Br)c1. The summed E-state index contributed by atoms with van der Waals surface area (Å²) in [5, 5.41) is 2.90. The zero-order valence-electron chi connectivity index (χ0n) is 10.9. The number of rotatable bonds is 5. The van der Waals surface area contributed by atoms with Gasteiger partial charge in [-0.15, -0.1) is 0 Å². The Morgan fingerprint density at radius 2 is 2.30 bits per heavy atom. The fourth-order valence-electron chi connectivity index (χ4n) is 2.14. The van der Waals surface area contributed by atoms with Crippen LogP contribution in [0.15, 0.2) is 35.3 Å². The number of halogens is 1. The molecule has 0 atom stereocenters. The summed E-state index contributed by atoms with van der Waals surface area (Å²) in [5.41, 5.74) is 0.562. The first-order valence-corrected chi connectivity index (χ1v) is 7.43. The molecular formula is C14H15BrN4O. The predicted octanol–water partition coefficient (Wildman–Crippen LogP) is 2.35. The zero-order valence-corrected chi connectivity index (χ0v) is 12.5. The van der Waals surface area contributed by atoms with Crippen molar-refractivity contribution in [2.45, 2.75) is 25.3 Å². The standard InChI is InChI=1S/C14H15BrN4O/c15-12-7-11(8-16-9-12)14(20)18-4-6-19-5-3-17-13(19)10-1-2-10/h3,5,7-10H,1-2,4,6H2,(H,18,20). The van der Waals surface area contributed by atoms with Gasteiger partial charge in [0.05, 0.1) is 5.56 Å². The van der Waals surface area contributed by atoms with Gasteiger partial charge in [-0.25, -0.2) is 4.98 Å². The van der Waals surface area contributed by atoms with Gasteiger partial charge in [-0.05, 0) is 34.8 Å².